The quantitative estimate of drug-likeness (QED) is 0.198. The number of ether oxygens (including phenoxy) is 2. The van der Waals surface area contributed by atoms with Crippen LogP contribution in [0.3, 0.4) is 0 Å². The fourth-order valence-electron chi connectivity index (χ4n) is 4.07. The van der Waals surface area contributed by atoms with Crippen LogP contribution in [0.1, 0.15) is 39.8 Å². The zero-order valence-electron chi connectivity index (χ0n) is 22.0. The topological polar surface area (TPSA) is 95.3 Å². The van der Waals surface area contributed by atoms with Gasteiger partial charge in [0.15, 0.2) is 5.16 Å². The van der Waals surface area contributed by atoms with Gasteiger partial charge in [-0.25, -0.2) is 4.79 Å². The van der Waals surface area contributed by atoms with E-state index in [1.807, 2.05) is 73.2 Å². The van der Waals surface area contributed by atoms with Crippen molar-refractivity contribution in [1.29, 1.82) is 0 Å². The van der Waals surface area contributed by atoms with Gasteiger partial charge in [-0.15, -0.1) is 21.5 Å². The molecule has 0 aliphatic carbocycles. The number of nitrogens with zero attached hydrogens (tertiary/aromatic N) is 3. The Kier molecular flexibility index (Phi) is 8.85. The second-order valence-electron chi connectivity index (χ2n) is 8.67. The molecule has 4 aromatic rings. The lowest BCUT2D eigenvalue weighted by Gasteiger charge is -2.10. The summed E-state index contributed by atoms with van der Waals surface area (Å²) in [6, 6.07) is 13.9. The van der Waals surface area contributed by atoms with Gasteiger partial charge in [-0.1, -0.05) is 47.7 Å². The molecule has 0 unspecified atom stereocenters. The Morgan fingerprint density at radius 2 is 1.82 bits per heavy atom. The van der Waals surface area contributed by atoms with Gasteiger partial charge in [-0.2, -0.15) is 0 Å². The van der Waals surface area contributed by atoms with Gasteiger partial charge in [-0.3, -0.25) is 4.79 Å². The molecule has 8 nitrogen and oxygen atoms in total. The molecule has 0 aliphatic heterocycles. The molecule has 0 atom stereocenters. The van der Waals surface area contributed by atoms with Crippen molar-refractivity contribution in [2.24, 2.45) is 0 Å². The number of methoxy groups -OCH3 is 2. The highest BCUT2D eigenvalue weighted by Crippen LogP contribution is 2.38. The van der Waals surface area contributed by atoms with E-state index in [-0.39, 0.29) is 11.7 Å². The summed E-state index contributed by atoms with van der Waals surface area (Å²) in [7, 11) is 2.98. The Labute approximate surface area is 230 Å². The molecule has 0 radical (unpaired) electrons. The number of hydrogen-bond acceptors (Lipinski definition) is 8. The average Bonchev–Trinajstić information content (AvgIpc) is 3.52. The highest BCUT2D eigenvalue weighted by atomic mass is 32.2. The summed E-state index contributed by atoms with van der Waals surface area (Å²) in [4.78, 5) is 25.6. The third kappa shape index (κ3) is 6.08. The molecule has 0 saturated carbocycles. The van der Waals surface area contributed by atoms with Gasteiger partial charge < -0.3 is 19.4 Å². The van der Waals surface area contributed by atoms with E-state index >= 15 is 0 Å². The first-order valence-electron chi connectivity index (χ1n) is 12.1. The van der Waals surface area contributed by atoms with E-state index in [4.69, 9.17) is 9.47 Å². The van der Waals surface area contributed by atoms with E-state index in [0.717, 1.165) is 39.4 Å². The van der Waals surface area contributed by atoms with Crippen LogP contribution in [0.25, 0.3) is 11.1 Å². The molecule has 2 heterocycles. The predicted octanol–water partition coefficient (Wildman–Crippen LogP) is 5.76. The number of carbonyl (C=O) groups excluding carboxylic acids is 2. The fourth-order valence-corrected chi connectivity index (χ4v) is 5.86. The van der Waals surface area contributed by atoms with Crippen LogP contribution in [0, 0.1) is 13.8 Å². The van der Waals surface area contributed by atoms with Gasteiger partial charge in [0, 0.05) is 23.9 Å². The number of amides is 1. The first-order chi connectivity index (χ1) is 18.3. The predicted molar refractivity (Wildman–Crippen MR) is 151 cm³/mol. The number of rotatable bonds is 10. The van der Waals surface area contributed by atoms with Crippen LogP contribution < -0.4 is 10.1 Å². The molecular formula is C28H30N4O4S2. The third-order valence-corrected chi connectivity index (χ3v) is 7.94. The Balaban J connectivity index is 1.47. The Morgan fingerprint density at radius 1 is 1.05 bits per heavy atom. The first-order valence-corrected chi connectivity index (χ1v) is 14.0. The minimum atomic E-state index is -0.487. The standard InChI is InChI=1S/C28H30N4O4S2/c1-6-32-23(14-19-9-11-20(35-4)12-10-19)30-31-28(32)38-16-24(33)29-26-25(27(34)36-5)22(15-37-26)21-13-17(2)7-8-18(21)3/h7-13,15H,6,14,16H2,1-5H3,(H,29,33). The minimum Gasteiger partial charge on any atom is -0.497 e. The van der Waals surface area contributed by atoms with Crippen LogP contribution in [0.2, 0.25) is 0 Å². The zero-order valence-corrected chi connectivity index (χ0v) is 23.7. The van der Waals surface area contributed by atoms with Gasteiger partial charge in [0.1, 0.15) is 22.1 Å². The number of nitrogens with one attached hydrogen (secondary N) is 1. The summed E-state index contributed by atoms with van der Waals surface area (Å²) in [6.45, 7) is 6.70. The molecule has 10 heteroatoms. The number of thiophene rings is 1. The van der Waals surface area contributed by atoms with Crippen LogP contribution in [-0.4, -0.2) is 46.6 Å². The largest absolute Gasteiger partial charge is 0.497 e. The molecule has 0 spiro atoms. The Morgan fingerprint density at radius 3 is 2.50 bits per heavy atom. The molecule has 0 aliphatic rings. The number of aryl methyl sites for hydroxylation is 2. The minimum absolute atomic E-state index is 0.123. The molecule has 2 aromatic carbocycles. The number of esters is 1. The van der Waals surface area contributed by atoms with Crippen molar-refractivity contribution in [2.75, 3.05) is 25.3 Å². The summed E-state index contributed by atoms with van der Waals surface area (Å²) >= 11 is 2.62. The lowest BCUT2D eigenvalue weighted by atomic mass is 9.97. The van der Waals surface area contributed by atoms with Gasteiger partial charge in [-0.05, 0) is 49.6 Å². The molecule has 1 N–H and O–H groups in total. The third-order valence-electron chi connectivity index (χ3n) is 6.08. The summed E-state index contributed by atoms with van der Waals surface area (Å²) in [5.74, 6) is 1.02. The van der Waals surface area contributed by atoms with E-state index in [2.05, 4.69) is 15.5 Å². The van der Waals surface area contributed by atoms with Crippen molar-refractivity contribution in [3.63, 3.8) is 0 Å². The molecule has 198 valence electrons. The zero-order chi connectivity index (χ0) is 27.2. The van der Waals surface area contributed by atoms with E-state index in [1.165, 1.54) is 30.2 Å². The van der Waals surface area contributed by atoms with Crippen molar-refractivity contribution in [2.45, 2.75) is 38.9 Å². The van der Waals surface area contributed by atoms with Gasteiger partial charge in [0.05, 0.1) is 20.0 Å². The van der Waals surface area contributed by atoms with E-state index < -0.39 is 5.97 Å². The molecule has 4 rings (SSSR count). The molecule has 0 bridgehead atoms. The van der Waals surface area contributed by atoms with Crippen LogP contribution in [0.4, 0.5) is 5.00 Å². The van der Waals surface area contributed by atoms with Crippen molar-refractivity contribution >= 4 is 40.0 Å². The smallest absolute Gasteiger partial charge is 0.341 e. The van der Waals surface area contributed by atoms with Crippen LogP contribution in [-0.2, 0) is 22.5 Å². The summed E-state index contributed by atoms with van der Waals surface area (Å²) in [5.41, 5.74) is 5.27. The van der Waals surface area contributed by atoms with Crippen molar-refractivity contribution in [3.8, 4) is 16.9 Å². The summed E-state index contributed by atoms with van der Waals surface area (Å²) < 4.78 is 12.3. The highest BCUT2D eigenvalue weighted by molar-refractivity contribution is 7.99. The van der Waals surface area contributed by atoms with Crippen molar-refractivity contribution < 1.29 is 19.1 Å². The number of aromatic nitrogens is 3. The molecule has 2 aromatic heterocycles. The molecule has 38 heavy (non-hydrogen) atoms. The lowest BCUT2D eigenvalue weighted by molar-refractivity contribution is -0.113. The molecule has 0 saturated heterocycles. The fraction of sp³-hybridized carbons (Fsp3) is 0.286. The van der Waals surface area contributed by atoms with Gasteiger partial charge in [0.2, 0.25) is 5.91 Å². The number of thioether (sulfide) groups is 1. The SMILES string of the molecule is CCn1c(Cc2ccc(OC)cc2)nnc1SCC(=O)Nc1scc(-c2cc(C)ccc2C)c1C(=O)OC. The van der Waals surface area contributed by atoms with Crippen LogP contribution in [0.15, 0.2) is 53.0 Å². The van der Waals surface area contributed by atoms with Gasteiger partial charge >= 0.3 is 5.97 Å². The van der Waals surface area contributed by atoms with Crippen LogP contribution in [0.5, 0.6) is 5.75 Å². The summed E-state index contributed by atoms with van der Waals surface area (Å²) in [6.07, 6.45) is 0.621. The number of hydrogen-bond donors (Lipinski definition) is 1. The normalized spacial score (nSPS) is 10.9. The maximum atomic E-state index is 12.9. The Bertz CT molecular complexity index is 1440. The second kappa shape index (κ2) is 12.3. The highest BCUT2D eigenvalue weighted by Gasteiger charge is 2.23. The van der Waals surface area contributed by atoms with E-state index in [9.17, 15) is 9.59 Å². The molecular weight excluding hydrogens is 520 g/mol. The van der Waals surface area contributed by atoms with Crippen LogP contribution >= 0.6 is 23.1 Å². The summed E-state index contributed by atoms with van der Waals surface area (Å²) in [5, 5.41) is 14.6. The average molecular weight is 551 g/mol. The van der Waals surface area contributed by atoms with Crippen molar-refractivity contribution in [3.05, 3.63) is 75.9 Å². The van der Waals surface area contributed by atoms with E-state index in [0.29, 0.717) is 28.7 Å². The number of carbonyl (C=O) groups is 2. The Hall–Kier alpha value is -3.63. The monoisotopic (exact) mass is 550 g/mol. The van der Waals surface area contributed by atoms with Crippen molar-refractivity contribution in [1.82, 2.24) is 14.8 Å². The second-order valence-corrected chi connectivity index (χ2v) is 10.5. The van der Waals surface area contributed by atoms with Gasteiger partial charge in [0.25, 0.3) is 0 Å². The maximum Gasteiger partial charge on any atom is 0.341 e. The lowest BCUT2D eigenvalue weighted by Crippen LogP contribution is -2.16. The first kappa shape index (κ1) is 27.4. The number of anilines is 1. The number of benzene rings is 2. The van der Waals surface area contributed by atoms with E-state index in [1.54, 1.807) is 7.11 Å². The maximum absolute atomic E-state index is 12.9. The molecule has 0 fully saturated rings. The molecule has 1 amide bonds.